The number of aliphatic hydroxyl groups excluding tert-OH is 1. The minimum atomic E-state index is -1.37. The largest absolute Gasteiger partial charge is 0.494 e. The van der Waals surface area contributed by atoms with E-state index in [1.807, 2.05) is 109 Å². The molecule has 7 nitrogen and oxygen atoms in total. The molecular weight excluding hydrogens is 629 g/mol. The van der Waals surface area contributed by atoms with E-state index in [4.69, 9.17) is 19.6 Å². The monoisotopic (exact) mass is 669 g/mol. The average molecular weight is 670 g/mol. The van der Waals surface area contributed by atoms with Gasteiger partial charge in [0.1, 0.15) is 11.6 Å². The van der Waals surface area contributed by atoms with Gasteiger partial charge in [0, 0.05) is 31.6 Å². The van der Waals surface area contributed by atoms with Gasteiger partial charge in [-0.2, -0.15) is 0 Å². The fourth-order valence-electron chi connectivity index (χ4n) is 5.84. The highest BCUT2D eigenvalue weighted by atomic mass is 19.1. The van der Waals surface area contributed by atoms with Gasteiger partial charge in [0.25, 0.3) is 5.91 Å². The number of aliphatic hydroxyl groups is 1. The quantitative estimate of drug-likeness (QED) is 0.0795. The van der Waals surface area contributed by atoms with Crippen molar-refractivity contribution in [2.75, 3.05) is 19.8 Å². The van der Waals surface area contributed by atoms with Crippen LogP contribution >= 0.6 is 0 Å². The Bertz CT molecular complexity index is 1880. The second-order valence-corrected chi connectivity index (χ2v) is 12.1. The van der Waals surface area contributed by atoms with E-state index >= 15 is 0 Å². The highest BCUT2D eigenvalue weighted by Gasteiger charge is 2.52. The van der Waals surface area contributed by atoms with Gasteiger partial charge in [-0.1, -0.05) is 109 Å². The lowest BCUT2D eigenvalue weighted by Gasteiger charge is -2.30. The first-order chi connectivity index (χ1) is 24.5. The van der Waals surface area contributed by atoms with Gasteiger partial charge in [0.2, 0.25) is 5.90 Å². The van der Waals surface area contributed by atoms with E-state index in [9.17, 15) is 9.18 Å². The Kier molecular flexibility index (Phi) is 11.5. The van der Waals surface area contributed by atoms with Gasteiger partial charge in [-0.15, -0.1) is 0 Å². The Labute approximate surface area is 292 Å². The molecule has 1 heterocycles. The zero-order valence-electron chi connectivity index (χ0n) is 27.7. The van der Waals surface area contributed by atoms with Gasteiger partial charge >= 0.3 is 0 Å². The number of hydrogen-bond donors (Lipinski definition) is 3. The first-order valence-corrected chi connectivity index (χ1v) is 16.8. The molecule has 50 heavy (non-hydrogen) atoms. The van der Waals surface area contributed by atoms with Gasteiger partial charge in [-0.05, 0) is 70.6 Å². The number of nitrogens with zero attached hydrogens (tertiary/aromatic N) is 1. The van der Waals surface area contributed by atoms with Crippen molar-refractivity contribution in [1.82, 2.24) is 10.9 Å². The predicted octanol–water partition coefficient (Wildman–Crippen LogP) is 7.48. The van der Waals surface area contributed by atoms with E-state index in [0.29, 0.717) is 43.2 Å². The fraction of sp³-hybridized carbons (Fsp3) is 0.190. The van der Waals surface area contributed by atoms with Crippen LogP contribution in [-0.4, -0.2) is 42.2 Å². The van der Waals surface area contributed by atoms with Crippen LogP contribution in [0.3, 0.4) is 0 Å². The summed E-state index contributed by atoms with van der Waals surface area (Å²) >= 11 is 0. The lowest BCUT2D eigenvalue weighted by molar-refractivity contribution is -0.129. The zero-order valence-corrected chi connectivity index (χ0v) is 27.7. The van der Waals surface area contributed by atoms with Gasteiger partial charge in [-0.3, -0.25) is 10.2 Å². The Morgan fingerprint density at radius 2 is 1.50 bits per heavy atom. The minimum absolute atomic E-state index is 0.0560. The van der Waals surface area contributed by atoms with Crippen LogP contribution in [0.15, 0.2) is 145 Å². The third kappa shape index (κ3) is 8.52. The molecular formula is C42H40FN3O4. The molecule has 0 aliphatic carbocycles. The van der Waals surface area contributed by atoms with Crippen LogP contribution in [0.2, 0.25) is 0 Å². The summed E-state index contributed by atoms with van der Waals surface area (Å²) in [7, 11) is 0. The third-order valence-corrected chi connectivity index (χ3v) is 8.54. The summed E-state index contributed by atoms with van der Waals surface area (Å²) in [6.45, 7) is 0.888. The van der Waals surface area contributed by atoms with E-state index in [0.717, 1.165) is 27.8 Å². The molecule has 0 aromatic heterocycles. The van der Waals surface area contributed by atoms with E-state index in [1.165, 1.54) is 12.1 Å². The number of rotatable bonds is 15. The van der Waals surface area contributed by atoms with Gasteiger partial charge < -0.3 is 14.6 Å². The van der Waals surface area contributed by atoms with Crippen molar-refractivity contribution in [2.24, 2.45) is 4.99 Å². The standard InChI is InChI=1S/C42H40FN3O4/c43-37-22-14-32(15-23-37)26-28-44-46-41(48)42(27-7-11-31-9-3-1-4-10-31)39(35-18-16-34(17-19-35)33-12-5-2-6-13-33)50-40(45-42)36-20-24-38(25-21-36)49-30-8-29-47/h1-7,9-25,39,44,47H,8,26-30H2,(H,46,48)/b11-7+/t39-,42-/m0/s1. The Morgan fingerprint density at radius 1 is 0.840 bits per heavy atom. The number of nitrogens with one attached hydrogen (secondary N) is 2. The molecule has 0 bridgehead atoms. The van der Waals surface area contributed by atoms with Crippen LogP contribution in [0.4, 0.5) is 4.39 Å². The van der Waals surface area contributed by atoms with Crippen molar-refractivity contribution >= 4 is 17.9 Å². The van der Waals surface area contributed by atoms with Crippen LogP contribution in [-0.2, 0) is 16.0 Å². The fourth-order valence-corrected chi connectivity index (χ4v) is 5.84. The van der Waals surface area contributed by atoms with Crippen LogP contribution in [0, 0.1) is 5.82 Å². The number of carbonyl (C=O) groups excluding carboxylic acids is 1. The average Bonchev–Trinajstić information content (AvgIpc) is 3.56. The summed E-state index contributed by atoms with van der Waals surface area (Å²) in [5, 5.41) is 9.11. The lowest BCUT2D eigenvalue weighted by atomic mass is 9.84. The minimum Gasteiger partial charge on any atom is -0.494 e. The molecule has 0 fully saturated rings. The SMILES string of the molecule is O=C(NNCCc1ccc(F)cc1)[C@@]1(C/C=C/c2ccccc2)N=C(c2ccc(OCCCO)cc2)O[C@H]1c1ccc(-c2ccccc2)cc1. The topological polar surface area (TPSA) is 92.2 Å². The molecule has 1 amide bonds. The number of benzene rings is 5. The van der Waals surface area contributed by atoms with Crippen molar-refractivity contribution in [2.45, 2.75) is 30.9 Å². The number of halogens is 1. The third-order valence-electron chi connectivity index (χ3n) is 8.54. The summed E-state index contributed by atoms with van der Waals surface area (Å²) in [5.41, 5.74) is 10.2. The molecule has 5 aromatic carbocycles. The molecule has 1 aliphatic heterocycles. The summed E-state index contributed by atoms with van der Waals surface area (Å²) in [6, 6.07) is 41.8. The first-order valence-electron chi connectivity index (χ1n) is 16.8. The Balaban J connectivity index is 1.32. The molecule has 0 saturated heterocycles. The Morgan fingerprint density at radius 3 is 2.20 bits per heavy atom. The van der Waals surface area contributed by atoms with Gasteiger partial charge in [0.15, 0.2) is 11.6 Å². The lowest BCUT2D eigenvalue weighted by Crippen LogP contribution is -2.52. The molecule has 254 valence electrons. The summed E-state index contributed by atoms with van der Waals surface area (Å²) in [5.74, 6) is 0.375. The number of carbonyl (C=O) groups is 1. The van der Waals surface area contributed by atoms with E-state index in [-0.39, 0.29) is 24.8 Å². The molecule has 0 spiro atoms. The first kappa shape index (κ1) is 34.3. The maximum absolute atomic E-state index is 14.4. The maximum atomic E-state index is 14.4. The molecule has 8 heteroatoms. The normalized spacial score (nSPS) is 16.9. The number of amides is 1. The molecule has 0 unspecified atom stereocenters. The molecule has 0 radical (unpaired) electrons. The Hall–Kier alpha value is -5.57. The van der Waals surface area contributed by atoms with Crippen molar-refractivity contribution in [3.05, 3.63) is 168 Å². The zero-order chi connectivity index (χ0) is 34.6. The maximum Gasteiger partial charge on any atom is 0.266 e. The van der Waals surface area contributed by atoms with Crippen molar-refractivity contribution in [1.29, 1.82) is 0 Å². The van der Waals surface area contributed by atoms with Crippen LogP contribution in [0.25, 0.3) is 17.2 Å². The summed E-state index contributed by atoms with van der Waals surface area (Å²) in [4.78, 5) is 19.5. The molecule has 5 aromatic rings. The van der Waals surface area contributed by atoms with E-state index < -0.39 is 11.6 Å². The van der Waals surface area contributed by atoms with Crippen molar-refractivity contribution < 1.29 is 23.8 Å². The molecule has 6 rings (SSSR count). The highest BCUT2D eigenvalue weighted by Crippen LogP contribution is 2.43. The second-order valence-electron chi connectivity index (χ2n) is 12.1. The van der Waals surface area contributed by atoms with Crippen molar-refractivity contribution in [3.8, 4) is 16.9 Å². The number of aliphatic imine (C=N–C) groups is 1. The second kappa shape index (κ2) is 16.7. The van der Waals surface area contributed by atoms with Crippen LogP contribution in [0.5, 0.6) is 5.75 Å². The highest BCUT2D eigenvalue weighted by molar-refractivity contribution is 6.01. The summed E-state index contributed by atoms with van der Waals surface area (Å²) in [6.07, 6.45) is 4.58. The van der Waals surface area contributed by atoms with E-state index in [2.05, 4.69) is 23.0 Å². The molecule has 0 saturated carbocycles. The molecule has 1 aliphatic rings. The smallest absolute Gasteiger partial charge is 0.266 e. The van der Waals surface area contributed by atoms with Gasteiger partial charge in [-0.25, -0.2) is 14.8 Å². The van der Waals surface area contributed by atoms with Gasteiger partial charge in [0.05, 0.1) is 6.61 Å². The number of hydrogen-bond acceptors (Lipinski definition) is 6. The molecule has 3 N–H and O–H groups in total. The van der Waals surface area contributed by atoms with Crippen LogP contribution in [0.1, 0.15) is 41.2 Å². The predicted molar refractivity (Wildman–Crippen MR) is 195 cm³/mol. The van der Waals surface area contributed by atoms with Crippen molar-refractivity contribution in [3.63, 3.8) is 0 Å². The summed E-state index contributed by atoms with van der Waals surface area (Å²) < 4.78 is 25.8. The number of ether oxygens (including phenoxy) is 2. The van der Waals surface area contributed by atoms with E-state index in [1.54, 1.807) is 12.1 Å². The molecule has 2 atom stereocenters. The number of hydrazine groups is 1. The van der Waals surface area contributed by atoms with Crippen LogP contribution < -0.4 is 15.6 Å².